The van der Waals surface area contributed by atoms with Crippen molar-refractivity contribution in [2.45, 2.75) is 6.61 Å². The van der Waals surface area contributed by atoms with Gasteiger partial charge in [0.2, 0.25) is 0 Å². The molecule has 0 radical (unpaired) electrons. The number of anilines is 1. The van der Waals surface area contributed by atoms with Crippen molar-refractivity contribution in [1.82, 2.24) is 0 Å². The van der Waals surface area contributed by atoms with Gasteiger partial charge in [0, 0.05) is 15.7 Å². The van der Waals surface area contributed by atoms with E-state index in [1.54, 1.807) is 7.11 Å². The predicted octanol–water partition coefficient (Wildman–Crippen LogP) is 4.38. The van der Waals surface area contributed by atoms with Crippen LogP contribution in [-0.2, 0) is 6.61 Å². The highest BCUT2D eigenvalue weighted by molar-refractivity contribution is 9.10. The molecule has 2 N–H and O–H groups in total. The fourth-order valence-electron chi connectivity index (χ4n) is 1.66. The average molecular weight is 387 g/mol. The van der Waals surface area contributed by atoms with Crippen molar-refractivity contribution in [3.63, 3.8) is 0 Å². The highest BCUT2D eigenvalue weighted by Gasteiger charge is 2.11. The molecule has 0 heterocycles. The third kappa shape index (κ3) is 3.22. The number of benzene rings is 2. The molecule has 100 valence electrons. The molecule has 0 aromatic heterocycles. The Kier molecular flexibility index (Phi) is 4.71. The van der Waals surface area contributed by atoms with Gasteiger partial charge in [0.1, 0.15) is 6.61 Å². The molecule has 3 nitrogen and oxygen atoms in total. The zero-order chi connectivity index (χ0) is 13.8. The van der Waals surface area contributed by atoms with Gasteiger partial charge in [0.25, 0.3) is 0 Å². The monoisotopic (exact) mass is 385 g/mol. The summed E-state index contributed by atoms with van der Waals surface area (Å²) in [5, 5.41) is 0. The van der Waals surface area contributed by atoms with Crippen LogP contribution in [0.5, 0.6) is 11.5 Å². The molecule has 0 bridgehead atoms. The standard InChI is InChI=1S/C14H13Br2NO2/c1-18-13-7-3-5-11(16)14(13)19-8-9-10(15)4-2-6-12(9)17/h2-7H,8,17H2,1H3. The van der Waals surface area contributed by atoms with Crippen molar-refractivity contribution >= 4 is 37.5 Å². The number of nitrogens with two attached hydrogens (primary N) is 1. The summed E-state index contributed by atoms with van der Waals surface area (Å²) in [5.41, 5.74) is 7.55. The van der Waals surface area contributed by atoms with Gasteiger partial charge in [-0.25, -0.2) is 0 Å². The molecule has 5 heteroatoms. The normalized spacial score (nSPS) is 10.3. The van der Waals surface area contributed by atoms with E-state index in [0.29, 0.717) is 23.8 Å². The van der Waals surface area contributed by atoms with Crippen molar-refractivity contribution < 1.29 is 9.47 Å². The molecule has 0 aliphatic carbocycles. The third-order valence-corrected chi connectivity index (χ3v) is 4.03. The minimum absolute atomic E-state index is 0.367. The van der Waals surface area contributed by atoms with E-state index in [4.69, 9.17) is 15.2 Å². The molecule has 0 saturated heterocycles. The van der Waals surface area contributed by atoms with E-state index in [0.717, 1.165) is 14.5 Å². The van der Waals surface area contributed by atoms with Crippen LogP contribution >= 0.6 is 31.9 Å². The Morgan fingerprint density at radius 1 is 1.05 bits per heavy atom. The van der Waals surface area contributed by atoms with Gasteiger partial charge in [-0.3, -0.25) is 0 Å². The molecule has 0 saturated carbocycles. The first-order chi connectivity index (χ1) is 9.13. The first kappa shape index (κ1) is 14.2. The van der Waals surface area contributed by atoms with Crippen LogP contribution in [0.15, 0.2) is 45.3 Å². The number of hydrogen-bond donors (Lipinski definition) is 1. The van der Waals surface area contributed by atoms with Gasteiger partial charge >= 0.3 is 0 Å². The van der Waals surface area contributed by atoms with Crippen molar-refractivity contribution in [2.24, 2.45) is 0 Å². The maximum absolute atomic E-state index is 5.94. The zero-order valence-corrected chi connectivity index (χ0v) is 13.5. The molecule has 0 fully saturated rings. The minimum atomic E-state index is 0.367. The molecule has 0 spiro atoms. The topological polar surface area (TPSA) is 44.5 Å². The minimum Gasteiger partial charge on any atom is -0.493 e. The van der Waals surface area contributed by atoms with Crippen LogP contribution in [0, 0.1) is 0 Å². The second kappa shape index (κ2) is 6.30. The second-order valence-corrected chi connectivity index (χ2v) is 5.58. The van der Waals surface area contributed by atoms with Crippen molar-refractivity contribution in [2.75, 3.05) is 12.8 Å². The molecule has 0 unspecified atom stereocenters. The van der Waals surface area contributed by atoms with E-state index in [9.17, 15) is 0 Å². The lowest BCUT2D eigenvalue weighted by molar-refractivity contribution is 0.282. The van der Waals surface area contributed by atoms with E-state index < -0.39 is 0 Å². The maximum Gasteiger partial charge on any atom is 0.175 e. The van der Waals surface area contributed by atoms with Crippen LogP contribution in [0.1, 0.15) is 5.56 Å². The Bertz CT molecular complexity index is 567. The fourth-order valence-corrected chi connectivity index (χ4v) is 2.62. The van der Waals surface area contributed by atoms with Crippen LogP contribution in [0.2, 0.25) is 0 Å². The van der Waals surface area contributed by atoms with E-state index in [1.165, 1.54) is 0 Å². The van der Waals surface area contributed by atoms with Crippen LogP contribution in [0.3, 0.4) is 0 Å². The quantitative estimate of drug-likeness (QED) is 0.793. The summed E-state index contributed by atoms with van der Waals surface area (Å²) in [7, 11) is 1.61. The Morgan fingerprint density at radius 3 is 2.42 bits per heavy atom. The summed E-state index contributed by atoms with van der Waals surface area (Å²) < 4.78 is 12.9. The molecule has 0 aliphatic heterocycles. The van der Waals surface area contributed by atoms with E-state index in [1.807, 2.05) is 36.4 Å². The summed E-state index contributed by atoms with van der Waals surface area (Å²) in [6, 6.07) is 11.3. The van der Waals surface area contributed by atoms with Gasteiger partial charge < -0.3 is 15.2 Å². The smallest absolute Gasteiger partial charge is 0.175 e. The van der Waals surface area contributed by atoms with Gasteiger partial charge in [-0.05, 0) is 40.2 Å². The summed E-state index contributed by atoms with van der Waals surface area (Å²) in [6.07, 6.45) is 0. The van der Waals surface area contributed by atoms with Crippen molar-refractivity contribution in [3.8, 4) is 11.5 Å². The molecule has 0 atom stereocenters. The predicted molar refractivity (Wildman–Crippen MR) is 83.6 cm³/mol. The molecule has 19 heavy (non-hydrogen) atoms. The molecule has 2 aromatic carbocycles. The Labute approximate surface area is 129 Å². The van der Waals surface area contributed by atoms with E-state index in [2.05, 4.69) is 31.9 Å². The number of ether oxygens (including phenoxy) is 2. The molecule has 2 aromatic rings. The summed E-state index contributed by atoms with van der Waals surface area (Å²) in [6.45, 7) is 0.367. The number of halogens is 2. The number of methoxy groups -OCH3 is 1. The Morgan fingerprint density at radius 2 is 1.74 bits per heavy atom. The van der Waals surface area contributed by atoms with Gasteiger partial charge in [-0.15, -0.1) is 0 Å². The van der Waals surface area contributed by atoms with Crippen LogP contribution in [0.4, 0.5) is 5.69 Å². The third-order valence-electron chi connectivity index (χ3n) is 2.67. The number of para-hydroxylation sites is 1. The molecule has 2 rings (SSSR count). The maximum atomic E-state index is 5.94. The van der Waals surface area contributed by atoms with E-state index >= 15 is 0 Å². The molecule has 0 aliphatic rings. The average Bonchev–Trinajstić information content (AvgIpc) is 2.39. The van der Waals surface area contributed by atoms with Crippen molar-refractivity contribution in [3.05, 3.63) is 50.9 Å². The van der Waals surface area contributed by atoms with Gasteiger partial charge in [-0.1, -0.05) is 28.1 Å². The largest absolute Gasteiger partial charge is 0.493 e. The van der Waals surface area contributed by atoms with Crippen LogP contribution in [-0.4, -0.2) is 7.11 Å². The lowest BCUT2D eigenvalue weighted by atomic mass is 10.2. The van der Waals surface area contributed by atoms with Gasteiger partial charge in [-0.2, -0.15) is 0 Å². The highest BCUT2D eigenvalue weighted by Crippen LogP contribution is 2.36. The van der Waals surface area contributed by atoms with Crippen LogP contribution < -0.4 is 15.2 Å². The summed E-state index contributed by atoms with van der Waals surface area (Å²) in [4.78, 5) is 0. The van der Waals surface area contributed by atoms with Crippen LogP contribution in [0.25, 0.3) is 0 Å². The summed E-state index contributed by atoms with van der Waals surface area (Å²) in [5.74, 6) is 1.35. The molecular formula is C14H13Br2NO2. The van der Waals surface area contributed by atoms with Crippen molar-refractivity contribution in [1.29, 1.82) is 0 Å². The number of rotatable bonds is 4. The molecule has 0 amide bonds. The fraction of sp³-hybridized carbons (Fsp3) is 0.143. The Balaban J connectivity index is 2.24. The SMILES string of the molecule is COc1cccc(Br)c1OCc1c(N)cccc1Br. The number of nitrogen functional groups attached to an aromatic ring is 1. The Hall–Kier alpha value is -1.20. The highest BCUT2D eigenvalue weighted by atomic mass is 79.9. The van der Waals surface area contributed by atoms with E-state index in [-0.39, 0.29) is 0 Å². The first-order valence-electron chi connectivity index (χ1n) is 5.61. The van der Waals surface area contributed by atoms with Gasteiger partial charge in [0.15, 0.2) is 11.5 Å². The number of hydrogen-bond acceptors (Lipinski definition) is 3. The lowest BCUT2D eigenvalue weighted by Gasteiger charge is -2.14. The second-order valence-electron chi connectivity index (χ2n) is 3.87. The summed E-state index contributed by atoms with van der Waals surface area (Å²) >= 11 is 6.92. The zero-order valence-electron chi connectivity index (χ0n) is 10.3. The molecular weight excluding hydrogens is 374 g/mol. The lowest BCUT2D eigenvalue weighted by Crippen LogP contribution is -2.02. The first-order valence-corrected chi connectivity index (χ1v) is 7.20. The van der Waals surface area contributed by atoms with Gasteiger partial charge in [0.05, 0.1) is 11.6 Å².